The highest BCUT2D eigenvalue weighted by atomic mass is 16.5. The van der Waals surface area contributed by atoms with Crippen molar-refractivity contribution in [3.8, 4) is 11.8 Å². The first-order valence-electron chi connectivity index (χ1n) is 7.68. The number of methoxy groups -OCH3 is 1. The van der Waals surface area contributed by atoms with Crippen LogP contribution < -0.4 is 10.1 Å². The van der Waals surface area contributed by atoms with E-state index in [2.05, 4.69) is 11.4 Å². The SMILES string of the molecule is COc1cccc(/C=C/C(=O)OCC(=O)N[C@](C)(C#N)C2CC2)c1. The molecule has 6 nitrogen and oxygen atoms in total. The molecule has 2 rings (SSSR count). The van der Waals surface area contributed by atoms with E-state index in [0.717, 1.165) is 18.4 Å². The zero-order chi connectivity index (χ0) is 17.6. The molecule has 0 aliphatic heterocycles. The van der Waals surface area contributed by atoms with Crippen molar-refractivity contribution in [2.24, 2.45) is 5.92 Å². The van der Waals surface area contributed by atoms with Crippen LogP contribution >= 0.6 is 0 Å². The summed E-state index contributed by atoms with van der Waals surface area (Å²) in [7, 11) is 1.56. The summed E-state index contributed by atoms with van der Waals surface area (Å²) in [6.45, 7) is 1.28. The van der Waals surface area contributed by atoms with E-state index >= 15 is 0 Å². The molecule has 1 aliphatic carbocycles. The van der Waals surface area contributed by atoms with Crippen molar-refractivity contribution < 1.29 is 19.1 Å². The summed E-state index contributed by atoms with van der Waals surface area (Å²) in [4.78, 5) is 23.5. The van der Waals surface area contributed by atoms with Crippen LogP contribution in [0.15, 0.2) is 30.3 Å². The monoisotopic (exact) mass is 328 g/mol. The van der Waals surface area contributed by atoms with Gasteiger partial charge in [-0.3, -0.25) is 4.79 Å². The Labute approximate surface area is 141 Å². The van der Waals surface area contributed by atoms with E-state index in [9.17, 15) is 14.9 Å². The highest BCUT2D eigenvalue weighted by Gasteiger charge is 2.43. The number of amides is 1. The van der Waals surface area contributed by atoms with E-state index in [1.807, 2.05) is 6.07 Å². The minimum atomic E-state index is -0.889. The van der Waals surface area contributed by atoms with Gasteiger partial charge in [-0.05, 0) is 49.5 Å². The molecule has 0 unspecified atom stereocenters. The molecule has 1 aromatic rings. The van der Waals surface area contributed by atoms with Gasteiger partial charge in [0, 0.05) is 6.08 Å². The van der Waals surface area contributed by atoms with Crippen molar-refractivity contribution in [2.75, 3.05) is 13.7 Å². The Morgan fingerprint density at radius 2 is 2.21 bits per heavy atom. The summed E-state index contributed by atoms with van der Waals surface area (Å²) in [5.74, 6) is -0.247. The minimum absolute atomic E-state index is 0.176. The number of nitriles is 1. The smallest absolute Gasteiger partial charge is 0.331 e. The molecule has 0 bridgehead atoms. The third kappa shape index (κ3) is 4.85. The lowest BCUT2D eigenvalue weighted by Crippen LogP contribution is -2.48. The van der Waals surface area contributed by atoms with Crippen LogP contribution in [0.4, 0.5) is 0 Å². The molecule has 0 spiro atoms. The molecule has 1 aromatic carbocycles. The van der Waals surface area contributed by atoms with E-state index in [4.69, 9.17) is 9.47 Å². The molecule has 126 valence electrons. The first kappa shape index (κ1) is 17.5. The molecule has 0 heterocycles. The van der Waals surface area contributed by atoms with Gasteiger partial charge < -0.3 is 14.8 Å². The molecule has 1 saturated carbocycles. The van der Waals surface area contributed by atoms with Crippen molar-refractivity contribution in [2.45, 2.75) is 25.3 Å². The van der Waals surface area contributed by atoms with Crippen LogP contribution in [0.25, 0.3) is 6.08 Å². The summed E-state index contributed by atoms with van der Waals surface area (Å²) in [5, 5.41) is 11.8. The highest BCUT2D eigenvalue weighted by molar-refractivity contribution is 5.89. The van der Waals surface area contributed by atoms with Crippen LogP contribution in [0, 0.1) is 17.2 Å². The van der Waals surface area contributed by atoms with E-state index < -0.39 is 24.0 Å². The highest BCUT2D eigenvalue weighted by Crippen LogP contribution is 2.39. The van der Waals surface area contributed by atoms with Crippen molar-refractivity contribution in [3.05, 3.63) is 35.9 Å². The fourth-order valence-electron chi connectivity index (χ4n) is 2.30. The van der Waals surface area contributed by atoms with Gasteiger partial charge in [-0.25, -0.2) is 4.79 Å². The zero-order valence-electron chi connectivity index (χ0n) is 13.7. The van der Waals surface area contributed by atoms with Crippen LogP contribution in [0.5, 0.6) is 5.75 Å². The number of nitrogens with zero attached hydrogens (tertiary/aromatic N) is 1. The summed E-state index contributed by atoms with van der Waals surface area (Å²) in [6.07, 6.45) is 4.67. The predicted octanol–water partition coefficient (Wildman–Crippen LogP) is 2.06. The standard InChI is InChI=1S/C18H20N2O4/c1-18(12-19,14-7-8-14)20-16(21)11-24-17(22)9-6-13-4-3-5-15(10-13)23-2/h3-6,9-10,14H,7-8,11H2,1-2H3,(H,20,21)/b9-6+/t18-/m1/s1. The van der Waals surface area contributed by atoms with Gasteiger partial charge in [-0.1, -0.05) is 12.1 Å². The van der Waals surface area contributed by atoms with E-state index in [1.54, 1.807) is 38.3 Å². The lowest BCUT2D eigenvalue weighted by Gasteiger charge is -2.22. The molecule has 0 radical (unpaired) electrons. The third-order valence-electron chi connectivity index (χ3n) is 3.88. The maximum absolute atomic E-state index is 11.8. The Bertz CT molecular complexity index is 689. The van der Waals surface area contributed by atoms with Gasteiger partial charge in [0.2, 0.25) is 0 Å². The second-order valence-electron chi connectivity index (χ2n) is 5.85. The van der Waals surface area contributed by atoms with E-state index in [0.29, 0.717) is 5.75 Å². The topological polar surface area (TPSA) is 88.4 Å². The van der Waals surface area contributed by atoms with Crippen molar-refractivity contribution >= 4 is 18.0 Å². The summed E-state index contributed by atoms with van der Waals surface area (Å²) in [5.41, 5.74) is -0.110. The molecule has 6 heteroatoms. The minimum Gasteiger partial charge on any atom is -0.497 e. The van der Waals surface area contributed by atoms with Crippen LogP contribution in [0.3, 0.4) is 0 Å². The van der Waals surface area contributed by atoms with Gasteiger partial charge >= 0.3 is 5.97 Å². The van der Waals surface area contributed by atoms with Gasteiger partial charge in [0.05, 0.1) is 13.2 Å². The summed E-state index contributed by atoms with van der Waals surface area (Å²) in [6, 6.07) is 9.30. The van der Waals surface area contributed by atoms with E-state index in [-0.39, 0.29) is 5.92 Å². The molecule has 1 amide bonds. The second-order valence-corrected chi connectivity index (χ2v) is 5.85. The fraction of sp³-hybridized carbons (Fsp3) is 0.389. The number of nitrogens with one attached hydrogen (secondary N) is 1. The molecular weight excluding hydrogens is 308 g/mol. The number of rotatable bonds is 7. The third-order valence-corrected chi connectivity index (χ3v) is 3.88. The molecule has 0 aromatic heterocycles. The zero-order valence-corrected chi connectivity index (χ0v) is 13.7. The quantitative estimate of drug-likeness (QED) is 0.611. The predicted molar refractivity (Wildman–Crippen MR) is 87.9 cm³/mol. The molecule has 1 fully saturated rings. The fourth-order valence-corrected chi connectivity index (χ4v) is 2.30. The average Bonchev–Trinajstić information content (AvgIpc) is 3.43. The van der Waals surface area contributed by atoms with Gasteiger partial charge in [-0.2, -0.15) is 5.26 Å². The van der Waals surface area contributed by atoms with E-state index in [1.165, 1.54) is 6.08 Å². The Hall–Kier alpha value is -2.81. The Balaban J connectivity index is 1.81. The molecule has 24 heavy (non-hydrogen) atoms. The van der Waals surface area contributed by atoms with Crippen molar-refractivity contribution in [1.29, 1.82) is 5.26 Å². The van der Waals surface area contributed by atoms with Crippen LogP contribution in [0.2, 0.25) is 0 Å². The summed E-state index contributed by atoms with van der Waals surface area (Å²) < 4.78 is 9.99. The number of ether oxygens (including phenoxy) is 2. The van der Waals surface area contributed by atoms with Crippen LogP contribution in [-0.2, 0) is 14.3 Å². The number of hydrogen-bond donors (Lipinski definition) is 1. The van der Waals surface area contributed by atoms with Crippen LogP contribution in [-0.4, -0.2) is 31.1 Å². The molecule has 0 saturated heterocycles. The Morgan fingerprint density at radius 3 is 2.83 bits per heavy atom. The van der Waals surface area contributed by atoms with Gasteiger partial charge in [0.1, 0.15) is 11.3 Å². The average molecular weight is 328 g/mol. The normalized spacial score (nSPS) is 16.0. The van der Waals surface area contributed by atoms with Gasteiger partial charge in [0.25, 0.3) is 5.91 Å². The lowest BCUT2D eigenvalue weighted by molar-refractivity contribution is -0.144. The molecule has 1 N–H and O–H groups in total. The van der Waals surface area contributed by atoms with Gasteiger partial charge in [-0.15, -0.1) is 0 Å². The number of carbonyl (C=O) groups is 2. The number of benzene rings is 1. The van der Waals surface area contributed by atoms with Crippen LogP contribution in [0.1, 0.15) is 25.3 Å². The Kier molecular flexibility index (Phi) is 5.59. The number of hydrogen-bond acceptors (Lipinski definition) is 5. The van der Waals surface area contributed by atoms with Crippen molar-refractivity contribution in [3.63, 3.8) is 0 Å². The maximum atomic E-state index is 11.8. The molecule has 1 aliphatic rings. The lowest BCUT2D eigenvalue weighted by atomic mass is 9.98. The molecule has 1 atom stereocenters. The summed E-state index contributed by atoms with van der Waals surface area (Å²) >= 11 is 0. The first-order chi connectivity index (χ1) is 11.5. The number of carbonyl (C=O) groups excluding carboxylic acids is 2. The Morgan fingerprint density at radius 1 is 1.46 bits per heavy atom. The number of esters is 1. The second kappa shape index (κ2) is 7.64. The largest absolute Gasteiger partial charge is 0.497 e. The molecular formula is C18H20N2O4. The van der Waals surface area contributed by atoms with Gasteiger partial charge in [0.15, 0.2) is 6.61 Å². The first-order valence-corrected chi connectivity index (χ1v) is 7.68. The maximum Gasteiger partial charge on any atom is 0.331 e. The van der Waals surface area contributed by atoms with Crippen molar-refractivity contribution in [1.82, 2.24) is 5.32 Å².